The Hall–Kier alpha value is -3.85. The number of amides is 2. The van der Waals surface area contributed by atoms with E-state index in [2.05, 4.69) is 5.32 Å². The third kappa shape index (κ3) is 7.13. The molecule has 9 heteroatoms. The fraction of sp³-hybridized carbons (Fsp3) is 0.310. The van der Waals surface area contributed by atoms with E-state index in [0.29, 0.717) is 30.8 Å². The lowest BCUT2D eigenvalue weighted by molar-refractivity contribution is -0.139. The van der Waals surface area contributed by atoms with Gasteiger partial charge in [0.1, 0.15) is 18.3 Å². The monoisotopic (exact) mass is 537 g/mol. The Kier molecular flexibility index (Phi) is 10.3. The Morgan fingerprint density at radius 1 is 0.895 bits per heavy atom. The van der Waals surface area contributed by atoms with Crippen molar-refractivity contribution in [3.8, 4) is 5.75 Å². The molecule has 3 aromatic rings. The van der Waals surface area contributed by atoms with Gasteiger partial charge in [-0.2, -0.15) is 0 Å². The fourth-order valence-electron chi connectivity index (χ4n) is 4.18. The zero-order valence-electron chi connectivity index (χ0n) is 22.0. The Bertz CT molecular complexity index is 1280. The number of hydrogen-bond donors (Lipinski definition) is 1. The van der Waals surface area contributed by atoms with Crippen molar-refractivity contribution in [2.24, 2.45) is 0 Å². The second kappa shape index (κ2) is 13.6. The summed E-state index contributed by atoms with van der Waals surface area (Å²) in [6, 6.07) is 23.4. The van der Waals surface area contributed by atoms with Gasteiger partial charge in [0.05, 0.1) is 17.7 Å². The highest BCUT2D eigenvalue weighted by molar-refractivity contribution is 7.92. The molecule has 8 nitrogen and oxygen atoms in total. The topological polar surface area (TPSA) is 96.0 Å². The minimum Gasteiger partial charge on any atom is -0.497 e. The number of methoxy groups -OCH3 is 1. The van der Waals surface area contributed by atoms with Crippen molar-refractivity contribution in [3.05, 3.63) is 90.5 Å². The van der Waals surface area contributed by atoms with Crippen molar-refractivity contribution in [2.75, 3.05) is 31.0 Å². The predicted octanol–water partition coefficient (Wildman–Crippen LogP) is 3.88. The highest BCUT2D eigenvalue weighted by Crippen LogP contribution is 2.26. The van der Waals surface area contributed by atoms with Crippen LogP contribution in [0.15, 0.2) is 89.8 Å². The number of sulfonamides is 1. The summed E-state index contributed by atoms with van der Waals surface area (Å²) in [5.74, 6) is -0.170. The van der Waals surface area contributed by atoms with Gasteiger partial charge in [-0.15, -0.1) is 0 Å². The molecule has 0 aliphatic rings. The molecule has 1 atom stereocenters. The van der Waals surface area contributed by atoms with Crippen LogP contribution in [-0.2, 0) is 26.0 Å². The van der Waals surface area contributed by atoms with E-state index in [9.17, 15) is 18.0 Å². The van der Waals surface area contributed by atoms with Crippen molar-refractivity contribution in [2.45, 2.75) is 37.6 Å². The zero-order valence-corrected chi connectivity index (χ0v) is 22.9. The molecule has 202 valence electrons. The van der Waals surface area contributed by atoms with E-state index in [-0.39, 0.29) is 17.3 Å². The maximum atomic E-state index is 13.9. The van der Waals surface area contributed by atoms with Gasteiger partial charge in [0.25, 0.3) is 10.0 Å². The summed E-state index contributed by atoms with van der Waals surface area (Å²) in [5, 5.41) is 2.81. The molecule has 0 unspecified atom stereocenters. The largest absolute Gasteiger partial charge is 0.497 e. The number of anilines is 1. The number of carbonyl (C=O) groups is 2. The summed E-state index contributed by atoms with van der Waals surface area (Å²) in [7, 11) is -2.57. The molecule has 3 rings (SSSR count). The van der Waals surface area contributed by atoms with Gasteiger partial charge in [-0.1, -0.05) is 55.5 Å². The number of nitrogens with one attached hydrogen (secondary N) is 1. The molecule has 0 heterocycles. The summed E-state index contributed by atoms with van der Waals surface area (Å²) in [6.45, 7) is 3.88. The Labute approximate surface area is 225 Å². The molecule has 3 aromatic carbocycles. The molecular formula is C29H35N3O5S. The highest BCUT2D eigenvalue weighted by Gasteiger charge is 2.33. The SMILES string of the molecule is CCNC(=O)[C@@H](CC)N(CCc1ccccc1)C(=O)CN(c1ccc(OC)cc1)S(=O)(=O)c1ccccc1. The minimum absolute atomic E-state index is 0.0650. The van der Waals surface area contributed by atoms with E-state index >= 15 is 0 Å². The van der Waals surface area contributed by atoms with Gasteiger partial charge in [0.2, 0.25) is 11.8 Å². The van der Waals surface area contributed by atoms with Gasteiger partial charge in [-0.25, -0.2) is 8.42 Å². The summed E-state index contributed by atoms with van der Waals surface area (Å²) in [5.41, 5.74) is 1.33. The first-order valence-corrected chi connectivity index (χ1v) is 14.1. The van der Waals surface area contributed by atoms with Crippen molar-refractivity contribution in [3.63, 3.8) is 0 Å². The van der Waals surface area contributed by atoms with Crippen LogP contribution in [0.5, 0.6) is 5.75 Å². The standard InChI is InChI=1S/C29H35N3O5S/c1-4-27(29(34)30-5-2)31(21-20-23-12-8-6-9-13-23)28(33)22-32(24-16-18-25(37-3)19-17-24)38(35,36)26-14-10-7-11-15-26/h6-19,27H,4-5,20-22H2,1-3H3,(H,30,34)/t27-/m1/s1. The van der Waals surface area contributed by atoms with Gasteiger partial charge in [0, 0.05) is 13.1 Å². The van der Waals surface area contributed by atoms with E-state index in [1.54, 1.807) is 42.5 Å². The molecule has 0 aliphatic heterocycles. The van der Waals surface area contributed by atoms with Crippen LogP contribution < -0.4 is 14.4 Å². The van der Waals surface area contributed by atoms with Crippen LogP contribution in [-0.4, -0.2) is 57.9 Å². The summed E-state index contributed by atoms with van der Waals surface area (Å²) in [6.07, 6.45) is 0.913. The number of benzene rings is 3. The van der Waals surface area contributed by atoms with E-state index in [0.717, 1.165) is 9.87 Å². The molecule has 2 amide bonds. The summed E-state index contributed by atoms with van der Waals surface area (Å²) >= 11 is 0. The van der Waals surface area contributed by atoms with Crippen molar-refractivity contribution < 1.29 is 22.7 Å². The molecular weight excluding hydrogens is 502 g/mol. The predicted molar refractivity (Wildman–Crippen MR) is 149 cm³/mol. The molecule has 0 aromatic heterocycles. The zero-order chi connectivity index (χ0) is 27.5. The lowest BCUT2D eigenvalue weighted by atomic mass is 10.1. The van der Waals surface area contributed by atoms with Gasteiger partial charge < -0.3 is 15.0 Å². The van der Waals surface area contributed by atoms with Crippen LogP contribution in [0.2, 0.25) is 0 Å². The van der Waals surface area contributed by atoms with Crippen LogP contribution >= 0.6 is 0 Å². The van der Waals surface area contributed by atoms with Crippen LogP contribution in [0.25, 0.3) is 0 Å². The number of likely N-dealkylation sites (N-methyl/N-ethyl adjacent to an activating group) is 1. The Balaban J connectivity index is 1.99. The van der Waals surface area contributed by atoms with E-state index in [1.165, 1.54) is 24.1 Å². The van der Waals surface area contributed by atoms with Crippen LogP contribution in [0.1, 0.15) is 25.8 Å². The molecule has 0 bridgehead atoms. The molecule has 0 saturated heterocycles. The Morgan fingerprint density at radius 2 is 1.50 bits per heavy atom. The first-order valence-electron chi connectivity index (χ1n) is 12.6. The van der Waals surface area contributed by atoms with Crippen LogP contribution in [0.3, 0.4) is 0 Å². The second-order valence-corrected chi connectivity index (χ2v) is 10.5. The molecule has 0 fully saturated rings. The van der Waals surface area contributed by atoms with E-state index < -0.39 is 28.5 Å². The van der Waals surface area contributed by atoms with Crippen molar-refractivity contribution in [1.29, 1.82) is 0 Å². The molecule has 38 heavy (non-hydrogen) atoms. The van der Waals surface area contributed by atoms with Crippen molar-refractivity contribution >= 4 is 27.5 Å². The first-order chi connectivity index (χ1) is 18.3. The number of nitrogens with zero attached hydrogens (tertiary/aromatic N) is 2. The quantitative estimate of drug-likeness (QED) is 0.357. The number of rotatable bonds is 13. The molecule has 0 radical (unpaired) electrons. The van der Waals surface area contributed by atoms with Crippen LogP contribution in [0.4, 0.5) is 5.69 Å². The van der Waals surface area contributed by atoms with Gasteiger partial charge in [-0.05, 0) is 61.7 Å². The highest BCUT2D eigenvalue weighted by atomic mass is 32.2. The average Bonchev–Trinajstić information content (AvgIpc) is 2.95. The third-order valence-electron chi connectivity index (χ3n) is 6.19. The van der Waals surface area contributed by atoms with E-state index in [4.69, 9.17) is 4.74 Å². The minimum atomic E-state index is -4.09. The molecule has 0 saturated carbocycles. The average molecular weight is 538 g/mol. The lowest BCUT2D eigenvalue weighted by Gasteiger charge is -2.33. The van der Waals surface area contributed by atoms with Gasteiger partial charge in [0.15, 0.2) is 0 Å². The van der Waals surface area contributed by atoms with Crippen molar-refractivity contribution in [1.82, 2.24) is 10.2 Å². The normalized spacial score (nSPS) is 11.9. The number of carbonyl (C=O) groups excluding carboxylic acids is 2. The number of hydrogen-bond acceptors (Lipinski definition) is 5. The maximum Gasteiger partial charge on any atom is 0.264 e. The van der Waals surface area contributed by atoms with Gasteiger partial charge in [-0.3, -0.25) is 13.9 Å². The number of ether oxygens (including phenoxy) is 1. The first kappa shape index (κ1) is 28.7. The molecule has 1 N–H and O–H groups in total. The summed E-state index contributed by atoms with van der Waals surface area (Å²) in [4.78, 5) is 28.4. The van der Waals surface area contributed by atoms with Gasteiger partial charge >= 0.3 is 0 Å². The Morgan fingerprint density at radius 3 is 2.05 bits per heavy atom. The maximum absolute atomic E-state index is 13.9. The smallest absolute Gasteiger partial charge is 0.264 e. The molecule has 0 aliphatic carbocycles. The lowest BCUT2D eigenvalue weighted by Crippen LogP contribution is -2.53. The fourth-order valence-corrected chi connectivity index (χ4v) is 5.62. The van der Waals surface area contributed by atoms with E-state index in [1.807, 2.05) is 44.2 Å². The third-order valence-corrected chi connectivity index (χ3v) is 7.98. The molecule has 0 spiro atoms. The van der Waals surface area contributed by atoms with Crippen LogP contribution in [0, 0.1) is 0 Å². The summed E-state index contributed by atoms with van der Waals surface area (Å²) < 4.78 is 33.8. The second-order valence-electron chi connectivity index (χ2n) is 8.66.